The molecule has 3 aromatic heterocycles. The van der Waals surface area contributed by atoms with E-state index in [1.807, 2.05) is 31.2 Å². The maximum Gasteiger partial charge on any atom is 0.160 e. The number of aryl methyl sites for hydroxylation is 1. The number of halogens is 2. The molecule has 0 radical (unpaired) electrons. The van der Waals surface area contributed by atoms with Gasteiger partial charge in [-0.3, -0.25) is 0 Å². The van der Waals surface area contributed by atoms with Gasteiger partial charge in [0.15, 0.2) is 5.65 Å². The highest BCUT2D eigenvalue weighted by atomic mass is 35.5. The average molecular weight is 312 g/mol. The second-order valence-electron chi connectivity index (χ2n) is 4.25. The lowest BCUT2D eigenvalue weighted by molar-refractivity contribution is 0.779. The smallest absolute Gasteiger partial charge is 0.160 e. The van der Waals surface area contributed by atoms with Gasteiger partial charge in [-0.1, -0.05) is 11.6 Å². The number of hydrogen-bond acceptors (Lipinski definition) is 3. The molecule has 0 aromatic carbocycles. The van der Waals surface area contributed by atoms with Crippen molar-refractivity contribution in [3.63, 3.8) is 0 Å². The highest BCUT2D eigenvalue weighted by molar-refractivity contribution is 7.16. The van der Waals surface area contributed by atoms with Crippen LogP contribution in [0.3, 0.4) is 0 Å². The number of fused-ring (bicyclic) bond motifs is 1. The minimum atomic E-state index is 0.370. The Morgan fingerprint density at radius 2 is 2.05 bits per heavy atom. The van der Waals surface area contributed by atoms with Crippen molar-refractivity contribution in [3.05, 3.63) is 45.0 Å². The van der Waals surface area contributed by atoms with Gasteiger partial charge in [0.25, 0.3) is 0 Å². The number of alkyl halides is 1. The third-order valence-electron chi connectivity index (χ3n) is 2.87. The van der Waals surface area contributed by atoms with Gasteiger partial charge in [0.05, 0.1) is 16.8 Å². The lowest BCUT2D eigenvalue weighted by Gasteiger charge is -2.05. The summed E-state index contributed by atoms with van der Waals surface area (Å²) in [6.07, 6.45) is 0. The molecule has 0 aliphatic heterocycles. The zero-order chi connectivity index (χ0) is 13.4. The quantitative estimate of drug-likeness (QED) is 0.677. The van der Waals surface area contributed by atoms with Crippen LogP contribution in [0.1, 0.15) is 16.4 Å². The molecule has 0 N–H and O–H groups in total. The van der Waals surface area contributed by atoms with Gasteiger partial charge < -0.3 is 4.57 Å². The molecule has 0 saturated carbocycles. The molecule has 0 amide bonds. The van der Waals surface area contributed by atoms with E-state index in [0.29, 0.717) is 12.4 Å². The molecule has 3 aromatic rings. The molecule has 0 saturated heterocycles. The summed E-state index contributed by atoms with van der Waals surface area (Å²) in [5.41, 5.74) is 2.73. The second kappa shape index (κ2) is 5.12. The molecule has 98 valence electrons. The summed E-state index contributed by atoms with van der Waals surface area (Å²) in [7, 11) is 0. The van der Waals surface area contributed by atoms with Crippen LogP contribution in [0.25, 0.3) is 11.2 Å². The first-order chi connectivity index (χ1) is 9.17. The molecule has 0 spiro atoms. The summed E-state index contributed by atoms with van der Waals surface area (Å²) >= 11 is 13.5. The first-order valence-electron chi connectivity index (χ1n) is 5.80. The number of rotatable bonds is 3. The summed E-state index contributed by atoms with van der Waals surface area (Å²) in [6.45, 7) is 2.67. The number of thiophene rings is 1. The molecular weight excluding hydrogens is 301 g/mol. The largest absolute Gasteiger partial charge is 0.306 e. The van der Waals surface area contributed by atoms with Crippen molar-refractivity contribution < 1.29 is 0 Å². The third-order valence-corrected chi connectivity index (χ3v) is 4.33. The Morgan fingerprint density at radius 3 is 2.74 bits per heavy atom. The van der Waals surface area contributed by atoms with Crippen molar-refractivity contribution >= 4 is 45.7 Å². The van der Waals surface area contributed by atoms with E-state index in [0.717, 1.165) is 27.0 Å². The van der Waals surface area contributed by atoms with E-state index in [4.69, 9.17) is 23.2 Å². The van der Waals surface area contributed by atoms with E-state index in [1.54, 1.807) is 11.3 Å². The minimum Gasteiger partial charge on any atom is -0.306 e. The zero-order valence-corrected chi connectivity index (χ0v) is 12.6. The molecule has 6 heteroatoms. The van der Waals surface area contributed by atoms with E-state index in [9.17, 15) is 0 Å². The van der Waals surface area contributed by atoms with E-state index >= 15 is 0 Å². The van der Waals surface area contributed by atoms with Crippen molar-refractivity contribution in [2.45, 2.75) is 19.3 Å². The standard InChI is InChI=1S/C13H11Cl2N3S/c1-8-2-4-10-13(16-8)18(12(6-14)17-10)7-9-3-5-11(15)19-9/h2-5H,6-7H2,1H3. The topological polar surface area (TPSA) is 30.7 Å². The van der Waals surface area contributed by atoms with Crippen LogP contribution in [0.15, 0.2) is 24.3 Å². The lowest BCUT2D eigenvalue weighted by atomic mass is 10.3. The predicted molar refractivity (Wildman–Crippen MR) is 80.3 cm³/mol. The first-order valence-corrected chi connectivity index (χ1v) is 7.53. The van der Waals surface area contributed by atoms with Crippen molar-refractivity contribution in [2.24, 2.45) is 0 Å². The number of imidazole rings is 1. The molecule has 3 heterocycles. The molecule has 3 rings (SSSR count). The third kappa shape index (κ3) is 2.48. The number of aromatic nitrogens is 3. The minimum absolute atomic E-state index is 0.370. The summed E-state index contributed by atoms with van der Waals surface area (Å²) in [4.78, 5) is 10.2. The van der Waals surface area contributed by atoms with E-state index in [2.05, 4.69) is 14.5 Å². The fraction of sp³-hybridized carbons (Fsp3) is 0.231. The summed E-state index contributed by atoms with van der Waals surface area (Å²) in [6, 6.07) is 7.86. The SMILES string of the molecule is Cc1ccc2nc(CCl)n(Cc3ccc(Cl)s3)c2n1. The molecule has 0 bridgehead atoms. The monoisotopic (exact) mass is 311 g/mol. The maximum atomic E-state index is 5.98. The van der Waals surface area contributed by atoms with Gasteiger partial charge in [-0.15, -0.1) is 22.9 Å². The molecule has 0 unspecified atom stereocenters. The van der Waals surface area contributed by atoms with Crippen molar-refractivity contribution in [1.82, 2.24) is 14.5 Å². The van der Waals surface area contributed by atoms with Gasteiger partial charge in [-0.05, 0) is 31.2 Å². The van der Waals surface area contributed by atoms with Crippen LogP contribution in [0.5, 0.6) is 0 Å². The fourth-order valence-electron chi connectivity index (χ4n) is 2.00. The van der Waals surface area contributed by atoms with Crippen LogP contribution in [-0.2, 0) is 12.4 Å². The van der Waals surface area contributed by atoms with Crippen LogP contribution in [0.4, 0.5) is 0 Å². The molecule has 3 nitrogen and oxygen atoms in total. The van der Waals surface area contributed by atoms with Crippen LogP contribution < -0.4 is 0 Å². The fourth-order valence-corrected chi connectivity index (χ4v) is 3.28. The molecule has 0 aliphatic carbocycles. The lowest BCUT2D eigenvalue weighted by Crippen LogP contribution is -2.03. The normalized spacial score (nSPS) is 11.3. The summed E-state index contributed by atoms with van der Waals surface area (Å²) in [5, 5.41) is 0. The zero-order valence-electron chi connectivity index (χ0n) is 10.2. The second-order valence-corrected chi connectivity index (χ2v) is 6.32. The Morgan fingerprint density at radius 1 is 1.21 bits per heavy atom. The van der Waals surface area contributed by atoms with Gasteiger partial charge >= 0.3 is 0 Å². The Kier molecular flexibility index (Phi) is 3.48. The van der Waals surface area contributed by atoms with Crippen LogP contribution in [-0.4, -0.2) is 14.5 Å². The molecular formula is C13H11Cl2N3S. The predicted octanol–water partition coefficient (Wildman–Crippen LogP) is 4.24. The molecule has 19 heavy (non-hydrogen) atoms. The molecule has 0 atom stereocenters. The van der Waals surface area contributed by atoms with Crippen molar-refractivity contribution in [1.29, 1.82) is 0 Å². The van der Waals surface area contributed by atoms with Crippen LogP contribution in [0.2, 0.25) is 4.34 Å². The van der Waals surface area contributed by atoms with Gasteiger partial charge in [-0.25, -0.2) is 9.97 Å². The molecule has 0 fully saturated rings. The van der Waals surface area contributed by atoms with E-state index in [-0.39, 0.29) is 0 Å². The Bertz CT molecular complexity index is 733. The van der Waals surface area contributed by atoms with Crippen molar-refractivity contribution in [2.75, 3.05) is 0 Å². The first kappa shape index (κ1) is 12.9. The maximum absolute atomic E-state index is 5.98. The van der Waals surface area contributed by atoms with Crippen LogP contribution >= 0.6 is 34.5 Å². The van der Waals surface area contributed by atoms with Gasteiger partial charge in [-0.2, -0.15) is 0 Å². The number of hydrogen-bond donors (Lipinski definition) is 0. The highest BCUT2D eigenvalue weighted by Crippen LogP contribution is 2.24. The van der Waals surface area contributed by atoms with E-state index in [1.165, 1.54) is 4.88 Å². The number of pyridine rings is 1. The summed E-state index contributed by atoms with van der Waals surface area (Å²) < 4.78 is 2.84. The van der Waals surface area contributed by atoms with Crippen LogP contribution in [0, 0.1) is 6.92 Å². The van der Waals surface area contributed by atoms with Gasteiger partial charge in [0.1, 0.15) is 11.3 Å². The van der Waals surface area contributed by atoms with Gasteiger partial charge in [0, 0.05) is 10.6 Å². The van der Waals surface area contributed by atoms with E-state index < -0.39 is 0 Å². The van der Waals surface area contributed by atoms with Gasteiger partial charge in [0.2, 0.25) is 0 Å². The average Bonchev–Trinajstić information content (AvgIpc) is 2.94. The van der Waals surface area contributed by atoms with Crippen molar-refractivity contribution in [3.8, 4) is 0 Å². The molecule has 0 aliphatic rings. The Hall–Kier alpha value is -1.10. The highest BCUT2D eigenvalue weighted by Gasteiger charge is 2.12. The Labute approximate surface area is 124 Å². The Balaban J connectivity index is 2.12. The summed E-state index contributed by atoms with van der Waals surface area (Å²) in [5.74, 6) is 1.20. The number of nitrogens with zero attached hydrogens (tertiary/aromatic N) is 3.